The summed E-state index contributed by atoms with van der Waals surface area (Å²) in [5.41, 5.74) is 9.43. The van der Waals surface area contributed by atoms with Crippen molar-refractivity contribution in [2.45, 2.75) is 19.3 Å². The smallest absolute Gasteiger partial charge is 0.119 e. The summed E-state index contributed by atoms with van der Waals surface area (Å²) in [7, 11) is 4.09. The molecule has 0 heterocycles. The fourth-order valence-corrected chi connectivity index (χ4v) is 2.51. The van der Waals surface area contributed by atoms with Crippen LogP contribution in [-0.2, 0) is 0 Å². The molecule has 0 saturated heterocycles. The van der Waals surface area contributed by atoms with Gasteiger partial charge in [-0.15, -0.1) is 0 Å². The fourth-order valence-electron chi connectivity index (χ4n) is 2.51. The third-order valence-corrected chi connectivity index (χ3v) is 4.07. The number of rotatable bonds is 8. The maximum atomic E-state index is 5.73. The molecule has 23 heavy (non-hydrogen) atoms. The molecule has 1 unspecified atom stereocenters. The van der Waals surface area contributed by atoms with Gasteiger partial charge in [0.25, 0.3) is 0 Å². The van der Waals surface area contributed by atoms with E-state index in [1.54, 1.807) is 0 Å². The molecule has 3 heteroatoms. The van der Waals surface area contributed by atoms with Crippen LogP contribution in [0.3, 0.4) is 0 Å². The lowest BCUT2D eigenvalue weighted by atomic mass is 9.95. The first-order valence-corrected chi connectivity index (χ1v) is 8.28. The van der Waals surface area contributed by atoms with Crippen LogP contribution in [0.1, 0.15) is 24.8 Å². The van der Waals surface area contributed by atoms with Gasteiger partial charge in [0, 0.05) is 6.54 Å². The van der Waals surface area contributed by atoms with Gasteiger partial charge in [-0.1, -0.05) is 43.3 Å². The molecule has 2 rings (SSSR count). The second kappa shape index (κ2) is 8.70. The Morgan fingerprint density at radius 2 is 1.52 bits per heavy atom. The van der Waals surface area contributed by atoms with Crippen LogP contribution in [0.25, 0.3) is 11.1 Å². The van der Waals surface area contributed by atoms with Crippen LogP contribution in [-0.4, -0.2) is 38.7 Å². The van der Waals surface area contributed by atoms with E-state index < -0.39 is 0 Å². The highest BCUT2D eigenvalue weighted by Crippen LogP contribution is 2.25. The molecule has 0 radical (unpaired) electrons. The van der Waals surface area contributed by atoms with Gasteiger partial charge in [0.15, 0.2) is 0 Å². The Morgan fingerprint density at radius 3 is 2.04 bits per heavy atom. The van der Waals surface area contributed by atoms with Gasteiger partial charge in [0.1, 0.15) is 12.4 Å². The summed E-state index contributed by atoms with van der Waals surface area (Å²) in [4.78, 5) is 2.11. The van der Waals surface area contributed by atoms with Gasteiger partial charge in [-0.3, -0.25) is 0 Å². The predicted molar refractivity (Wildman–Crippen MR) is 98.0 cm³/mol. The van der Waals surface area contributed by atoms with E-state index >= 15 is 0 Å². The van der Waals surface area contributed by atoms with Crippen LogP contribution in [0.15, 0.2) is 48.5 Å². The maximum absolute atomic E-state index is 5.73. The van der Waals surface area contributed by atoms with Crippen molar-refractivity contribution in [1.82, 2.24) is 4.90 Å². The SMILES string of the molecule is CC(CCN)c1ccc(-c2ccc(OCCN(C)C)cc2)cc1. The Bertz CT molecular complexity index is 576. The molecule has 0 aromatic heterocycles. The molecule has 0 aliphatic rings. The highest BCUT2D eigenvalue weighted by atomic mass is 16.5. The Labute approximate surface area is 140 Å². The zero-order chi connectivity index (χ0) is 16.7. The summed E-state index contributed by atoms with van der Waals surface area (Å²) >= 11 is 0. The summed E-state index contributed by atoms with van der Waals surface area (Å²) in [6, 6.07) is 17.1. The average molecular weight is 312 g/mol. The average Bonchev–Trinajstić information content (AvgIpc) is 2.55. The van der Waals surface area contributed by atoms with E-state index in [1.807, 2.05) is 26.2 Å². The minimum absolute atomic E-state index is 0.515. The Kier molecular flexibility index (Phi) is 6.63. The summed E-state index contributed by atoms with van der Waals surface area (Å²) < 4.78 is 5.73. The monoisotopic (exact) mass is 312 g/mol. The molecule has 0 aliphatic heterocycles. The number of nitrogens with two attached hydrogens (primary N) is 1. The molecule has 2 aromatic rings. The van der Waals surface area contributed by atoms with Crippen LogP contribution in [0, 0.1) is 0 Å². The predicted octanol–water partition coefficient (Wildman–Crippen LogP) is 3.75. The summed E-state index contributed by atoms with van der Waals surface area (Å²) in [6.07, 6.45) is 1.03. The number of nitrogens with zero attached hydrogens (tertiary/aromatic N) is 1. The maximum Gasteiger partial charge on any atom is 0.119 e. The minimum atomic E-state index is 0.515. The largest absolute Gasteiger partial charge is 0.492 e. The summed E-state index contributed by atoms with van der Waals surface area (Å²) in [6.45, 7) is 4.59. The molecule has 0 fully saturated rings. The molecule has 0 saturated carbocycles. The van der Waals surface area contributed by atoms with E-state index in [4.69, 9.17) is 10.5 Å². The first kappa shape index (κ1) is 17.5. The molecular formula is C20H28N2O. The number of likely N-dealkylation sites (N-methyl/N-ethyl adjacent to an activating group) is 1. The molecule has 0 spiro atoms. The van der Waals surface area contributed by atoms with Crippen molar-refractivity contribution in [2.24, 2.45) is 5.73 Å². The van der Waals surface area contributed by atoms with Crippen molar-refractivity contribution in [3.8, 4) is 16.9 Å². The third kappa shape index (κ3) is 5.38. The van der Waals surface area contributed by atoms with Crippen molar-refractivity contribution in [3.63, 3.8) is 0 Å². The van der Waals surface area contributed by atoms with E-state index in [0.717, 1.165) is 25.3 Å². The van der Waals surface area contributed by atoms with E-state index in [2.05, 4.69) is 48.2 Å². The normalized spacial score (nSPS) is 12.4. The van der Waals surface area contributed by atoms with Gasteiger partial charge in [-0.2, -0.15) is 0 Å². The van der Waals surface area contributed by atoms with E-state index in [-0.39, 0.29) is 0 Å². The first-order valence-electron chi connectivity index (χ1n) is 8.28. The van der Waals surface area contributed by atoms with Crippen LogP contribution in [0.5, 0.6) is 5.75 Å². The van der Waals surface area contributed by atoms with Gasteiger partial charge in [0.2, 0.25) is 0 Å². The highest BCUT2D eigenvalue weighted by Gasteiger charge is 2.05. The molecule has 0 bridgehead atoms. The molecule has 0 amide bonds. The zero-order valence-corrected chi connectivity index (χ0v) is 14.5. The Hall–Kier alpha value is -1.84. The van der Waals surface area contributed by atoms with Crippen molar-refractivity contribution >= 4 is 0 Å². The van der Waals surface area contributed by atoms with Crippen molar-refractivity contribution in [2.75, 3.05) is 33.8 Å². The van der Waals surface area contributed by atoms with Crippen molar-refractivity contribution in [3.05, 3.63) is 54.1 Å². The van der Waals surface area contributed by atoms with Gasteiger partial charge in [-0.25, -0.2) is 0 Å². The lowest BCUT2D eigenvalue weighted by Crippen LogP contribution is -2.19. The number of ether oxygens (including phenoxy) is 1. The van der Waals surface area contributed by atoms with Crippen LogP contribution >= 0.6 is 0 Å². The van der Waals surface area contributed by atoms with Crippen LogP contribution in [0.2, 0.25) is 0 Å². The molecule has 3 nitrogen and oxygen atoms in total. The lowest BCUT2D eigenvalue weighted by Gasteiger charge is -2.12. The quantitative estimate of drug-likeness (QED) is 0.807. The molecule has 2 aromatic carbocycles. The summed E-state index contributed by atoms with van der Waals surface area (Å²) in [5.74, 6) is 1.44. The number of hydrogen-bond acceptors (Lipinski definition) is 3. The van der Waals surface area contributed by atoms with Gasteiger partial charge >= 0.3 is 0 Å². The summed E-state index contributed by atoms with van der Waals surface area (Å²) in [5, 5.41) is 0. The first-order chi connectivity index (χ1) is 11.1. The molecule has 0 aliphatic carbocycles. The molecular weight excluding hydrogens is 284 g/mol. The van der Waals surface area contributed by atoms with Crippen molar-refractivity contribution in [1.29, 1.82) is 0 Å². The molecule has 2 N–H and O–H groups in total. The molecule has 1 atom stereocenters. The van der Waals surface area contributed by atoms with Gasteiger partial charge in [0.05, 0.1) is 0 Å². The minimum Gasteiger partial charge on any atom is -0.492 e. The van der Waals surface area contributed by atoms with E-state index in [1.165, 1.54) is 16.7 Å². The van der Waals surface area contributed by atoms with E-state index in [0.29, 0.717) is 12.5 Å². The van der Waals surface area contributed by atoms with Gasteiger partial charge < -0.3 is 15.4 Å². The van der Waals surface area contributed by atoms with Gasteiger partial charge in [-0.05, 0) is 61.8 Å². The zero-order valence-electron chi connectivity index (χ0n) is 14.5. The topological polar surface area (TPSA) is 38.5 Å². The second-order valence-corrected chi connectivity index (χ2v) is 6.28. The Morgan fingerprint density at radius 1 is 0.957 bits per heavy atom. The van der Waals surface area contributed by atoms with Crippen molar-refractivity contribution < 1.29 is 4.74 Å². The van der Waals surface area contributed by atoms with E-state index in [9.17, 15) is 0 Å². The number of hydrogen-bond donors (Lipinski definition) is 1. The Balaban J connectivity index is 1.99. The molecule has 124 valence electrons. The van der Waals surface area contributed by atoms with Crippen LogP contribution in [0.4, 0.5) is 0 Å². The fraction of sp³-hybridized carbons (Fsp3) is 0.400. The number of benzene rings is 2. The second-order valence-electron chi connectivity index (χ2n) is 6.28. The van der Waals surface area contributed by atoms with Crippen LogP contribution < -0.4 is 10.5 Å². The lowest BCUT2D eigenvalue weighted by molar-refractivity contribution is 0.261. The third-order valence-electron chi connectivity index (χ3n) is 4.07. The highest BCUT2D eigenvalue weighted by molar-refractivity contribution is 5.64. The standard InChI is InChI=1S/C20H28N2O/c1-16(12-13-21)17-4-6-18(7-5-17)19-8-10-20(11-9-19)23-15-14-22(2)3/h4-11,16H,12-15,21H2,1-3H3.